The number of sulfone groups is 1. The molecule has 0 fully saturated rings. The molecule has 46 heavy (non-hydrogen) atoms. The number of para-hydroxylation sites is 1. The predicted octanol–water partition coefficient (Wildman–Crippen LogP) is 8.56. The molecule has 9 heteroatoms. The van der Waals surface area contributed by atoms with E-state index in [2.05, 4.69) is 28.9 Å². The number of hydrogen-bond acceptors (Lipinski definition) is 7. The van der Waals surface area contributed by atoms with Crippen LogP contribution in [0.15, 0.2) is 97.1 Å². The van der Waals surface area contributed by atoms with Crippen LogP contribution in [0.2, 0.25) is 0 Å². The zero-order valence-corrected chi connectivity index (χ0v) is 27.8. The second kappa shape index (κ2) is 13.8. The van der Waals surface area contributed by atoms with Gasteiger partial charge in [-0.2, -0.15) is 0 Å². The van der Waals surface area contributed by atoms with Crippen LogP contribution in [0.25, 0.3) is 22.2 Å². The molecule has 5 rings (SSSR count). The number of carbonyl (C=O) groups excluding carboxylic acids is 1. The topological polar surface area (TPSA) is 99.5 Å². The number of hydrogen-bond donors (Lipinski definition) is 1. The number of nitrogens with one attached hydrogen (secondary N) is 1. The number of fused-ring (bicyclic) bond motifs is 1. The van der Waals surface area contributed by atoms with Gasteiger partial charge >= 0.3 is 6.16 Å². The fourth-order valence-corrected chi connectivity index (χ4v) is 6.31. The highest BCUT2D eigenvalue weighted by Gasteiger charge is 2.23. The Hall–Kier alpha value is -4.63. The molecule has 5 aromatic rings. The molecule has 0 amide bonds. The lowest BCUT2D eigenvalue weighted by atomic mass is 10.0. The van der Waals surface area contributed by atoms with Crippen molar-refractivity contribution in [3.63, 3.8) is 0 Å². The molecule has 4 aromatic carbocycles. The number of aromatic nitrogens is 2. The minimum Gasteiger partial charge on any atom is -0.428 e. The minimum atomic E-state index is -3.45. The average molecular weight is 640 g/mol. The standard InChI is InChI=1S/C37H41N3O5S/c1-6-7-17-34-39-31-23-22-29(38-35(46(5,42)43)28-13-9-8-10-14-28)24-32(31)40(34)25-26-18-20-27(21-19-26)30-15-11-12-16-33(30)44-36(41)45-37(2,3)4/h8-16,18-24,35,38H,6-7,17,25H2,1-5H3. The summed E-state index contributed by atoms with van der Waals surface area (Å²) in [5, 5.41) is 2.38. The third-order valence-electron chi connectivity index (χ3n) is 7.48. The van der Waals surface area contributed by atoms with Crippen LogP contribution in [-0.4, -0.2) is 36.0 Å². The van der Waals surface area contributed by atoms with E-state index >= 15 is 0 Å². The summed E-state index contributed by atoms with van der Waals surface area (Å²) in [6.45, 7) is 8.13. The zero-order valence-electron chi connectivity index (χ0n) is 27.0. The van der Waals surface area contributed by atoms with Crippen molar-refractivity contribution in [2.24, 2.45) is 0 Å². The molecule has 0 bridgehead atoms. The van der Waals surface area contributed by atoms with Gasteiger partial charge in [0, 0.05) is 30.5 Å². The van der Waals surface area contributed by atoms with Crippen molar-refractivity contribution in [3.8, 4) is 16.9 Å². The Morgan fingerprint density at radius 2 is 1.63 bits per heavy atom. The summed E-state index contributed by atoms with van der Waals surface area (Å²) in [6, 6.07) is 30.5. The van der Waals surface area contributed by atoms with Gasteiger partial charge in [0.1, 0.15) is 17.2 Å². The van der Waals surface area contributed by atoms with E-state index in [-0.39, 0.29) is 0 Å². The van der Waals surface area contributed by atoms with Gasteiger partial charge in [0.15, 0.2) is 15.2 Å². The van der Waals surface area contributed by atoms with Crippen LogP contribution < -0.4 is 10.1 Å². The molecule has 1 heterocycles. The van der Waals surface area contributed by atoms with E-state index in [0.717, 1.165) is 52.8 Å². The molecule has 240 valence electrons. The number of benzene rings is 4. The van der Waals surface area contributed by atoms with E-state index in [9.17, 15) is 13.2 Å². The van der Waals surface area contributed by atoms with E-state index in [1.54, 1.807) is 26.8 Å². The van der Waals surface area contributed by atoms with Gasteiger partial charge in [0.2, 0.25) is 0 Å². The lowest BCUT2D eigenvalue weighted by Gasteiger charge is -2.19. The van der Waals surface area contributed by atoms with Gasteiger partial charge in [0.25, 0.3) is 0 Å². The maximum atomic E-state index is 12.8. The monoisotopic (exact) mass is 639 g/mol. The first kappa shape index (κ1) is 32.8. The van der Waals surface area contributed by atoms with Crippen molar-refractivity contribution in [1.82, 2.24) is 9.55 Å². The first-order valence-electron chi connectivity index (χ1n) is 15.5. The fourth-order valence-electron chi connectivity index (χ4n) is 5.31. The predicted molar refractivity (Wildman–Crippen MR) is 184 cm³/mol. The van der Waals surface area contributed by atoms with Crippen molar-refractivity contribution in [1.29, 1.82) is 0 Å². The van der Waals surface area contributed by atoms with Gasteiger partial charge in [0.05, 0.1) is 11.0 Å². The molecule has 1 unspecified atom stereocenters. The Balaban J connectivity index is 1.44. The molecule has 0 saturated carbocycles. The lowest BCUT2D eigenvalue weighted by molar-refractivity contribution is 0.0207. The van der Waals surface area contributed by atoms with Crippen molar-refractivity contribution in [2.75, 3.05) is 11.6 Å². The summed E-state index contributed by atoms with van der Waals surface area (Å²) in [4.78, 5) is 17.3. The molecule has 0 aliphatic rings. The van der Waals surface area contributed by atoms with Gasteiger partial charge in [-0.05, 0) is 68.1 Å². The molecule has 8 nitrogen and oxygen atoms in total. The summed E-state index contributed by atoms with van der Waals surface area (Å²) >= 11 is 0. The number of aryl methyl sites for hydroxylation is 1. The highest BCUT2D eigenvalue weighted by Crippen LogP contribution is 2.32. The van der Waals surface area contributed by atoms with Crippen LogP contribution in [0, 0.1) is 0 Å². The zero-order chi connectivity index (χ0) is 32.9. The molecule has 1 N–H and O–H groups in total. The highest BCUT2D eigenvalue weighted by molar-refractivity contribution is 7.91. The molecule has 1 aromatic heterocycles. The Morgan fingerprint density at radius 3 is 2.30 bits per heavy atom. The second-order valence-electron chi connectivity index (χ2n) is 12.4. The molecular weight excluding hydrogens is 598 g/mol. The average Bonchev–Trinajstić information content (AvgIpc) is 3.34. The summed E-state index contributed by atoms with van der Waals surface area (Å²) in [6.07, 6.45) is 3.38. The molecular formula is C37H41N3O5S. The first-order chi connectivity index (χ1) is 21.9. The molecule has 0 radical (unpaired) electrons. The highest BCUT2D eigenvalue weighted by atomic mass is 32.2. The van der Waals surface area contributed by atoms with Gasteiger partial charge in [-0.25, -0.2) is 18.2 Å². The number of unbranched alkanes of at least 4 members (excludes halogenated alkanes) is 1. The minimum absolute atomic E-state index is 0.426. The third-order valence-corrected chi connectivity index (χ3v) is 8.73. The molecule has 0 aliphatic heterocycles. The van der Waals surface area contributed by atoms with Gasteiger partial charge in [-0.1, -0.05) is 86.1 Å². The van der Waals surface area contributed by atoms with E-state index in [1.807, 2.05) is 78.9 Å². The largest absolute Gasteiger partial charge is 0.514 e. The molecule has 0 spiro atoms. The first-order valence-corrected chi connectivity index (χ1v) is 17.5. The smallest absolute Gasteiger partial charge is 0.428 e. The number of carbonyl (C=O) groups is 1. The van der Waals surface area contributed by atoms with Crippen molar-refractivity contribution in [3.05, 3.63) is 114 Å². The molecule has 1 atom stereocenters. The quantitative estimate of drug-likeness (QED) is 0.114. The Bertz CT molecular complexity index is 1910. The number of ether oxygens (including phenoxy) is 2. The molecule has 0 aliphatic carbocycles. The Morgan fingerprint density at radius 1 is 0.935 bits per heavy atom. The van der Waals surface area contributed by atoms with Crippen molar-refractivity contribution in [2.45, 2.75) is 64.5 Å². The Kier molecular flexibility index (Phi) is 9.82. The Labute approximate surface area is 271 Å². The maximum Gasteiger partial charge on any atom is 0.514 e. The summed E-state index contributed by atoms with van der Waals surface area (Å²) < 4.78 is 38.7. The van der Waals surface area contributed by atoms with E-state index in [1.165, 1.54) is 6.26 Å². The van der Waals surface area contributed by atoms with Crippen LogP contribution in [-0.2, 0) is 27.5 Å². The number of imidazole rings is 1. The number of anilines is 1. The van der Waals surface area contributed by atoms with Crippen molar-refractivity contribution >= 4 is 32.7 Å². The van der Waals surface area contributed by atoms with Crippen LogP contribution in [0.4, 0.5) is 10.5 Å². The normalized spacial score (nSPS) is 12.5. The van der Waals surface area contributed by atoms with E-state index in [0.29, 0.717) is 23.5 Å². The second-order valence-corrected chi connectivity index (χ2v) is 14.6. The summed E-state index contributed by atoms with van der Waals surface area (Å²) in [5.74, 6) is 1.41. The fraction of sp³-hybridized carbons (Fsp3) is 0.297. The number of nitrogens with zero attached hydrogens (tertiary/aromatic N) is 2. The van der Waals surface area contributed by atoms with Crippen LogP contribution in [0.1, 0.15) is 62.9 Å². The van der Waals surface area contributed by atoms with Gasteiger partial charge in [-0.3, -0.25) is 0 Å². The SMILES string of the molecule is CCCCc1nc2ccc(NC(c3ccccc3)S(C)(=O)=O)cc2n1Cc1ccc(-c2ccccc2OC(=O)OC(C)(C)C)cc1. The van der Waals surface area contributed by atoms with Crippen LogP contribution in [0.5, 0.6) is 5.75 Å². The van der Waals surface area contributed by atoms with Gasteiger partial charge in [-0.15, -0.1) is 0 Å². The van der Waals surface area contributed by atoms with Crippen LogP contribution >= 0.6 is 0 Å². The van der Waals surface area contributed by atoms with E-state index in [4.69, 9.17) is 14.5 Å². The van der Waals surface area contributed by atoms with E-state index < -0.39 is 27.0 Å². The molecule has 0 saturated heterocycles. The lowest BCUT2D eigenvalue weighted by Crippen LogP contribution is -2.26. The summed E-state index contributed by atoms with van der Waals surface area (Å²) in [7, 11) is -3.45. The van der Waals surface area contributed by atoms with Crippen molar-refractivity contribution < 1.29 is 22.7 Å². The number of rotatable bonds is 11. The summed E-state index contributed by atoms with van der Waals surface area (Å²) in [5.41, 5.74) is 5.27. The van der Waals surface area contributed by atoms with Gasteiger partial charge < -0.3 is 19.4 Å². The van der Waals surface area contributed by atoms with Crippen LogP contribution in [0.3, 0.4) is 0 Å². The third kappa shape index (κ3) is 8.14. The maximum absolute atomic E-state index is 12.8.